The second kappa shape index (κ2) is 8.99. The molecule has 0 bridgehead atoms. The minimum Gasteiger partial charge on any atom is -0.711 e. The molecule has 0 spiro atoms. The summed E-state index contributed by atoms with van der Waals surface area (Å²) in [6.45, 7) is 3.37. The molecule has 2 aromatic heterocycles. The van der Waals surface area contributed by atoms with Crippen molar-refractivity contribution in [1.29, 1.82) is 5.26 Å². The fraction of sp³-hybridized carbons (Fsp3) is 0.143. The number of aromatic nitrogens is 3. The van der Waals surface area contributed by atoms with Crippen molar-refractivity contribution >= 4 is 35.2 Å². The Balaban J connectivity index is 1.89. The summed E-state index contributed by atoms with van der Waals surface area (Å²) < 4.78 is 7.45. The fourth-order valence-corrected chi connectivity index (χ4v) is 3.34. The molecule has 1 aromatic carbocycles. The van der Waals surface area contributed by atoms with E-state index < -0.39 is 5.97 Å². The van der Waals surface area contributed by atoms with Gasteiger partial charge in [0.2, 0.25) is 0 Å². The molecule has 0 aliphatic rings. The third-order valence-electron chi connectivity index (χ3n) is 4.40. The van der Waals surface area contributed by atoms with E-state index in [0.29, 0.717) is 26.0 Å². The smallest absolute Gasteiger partial charge is 0.349 e. The van der Waals surface area contributed by atoms with E-state index in [2.05, 4.69) is 4.98 Å². The van der Waals surface area contributed by atoms with Gasteiger partial charge in [-0.05, 0) is 48.7 Å². The Bertz CT molecular complexity index is 1200. The highest BCUT2D eigenvalue weighted by molar-refractivity contribution is 6.43. The van der Waals surface area contributed by atoms with Crippen molar-refractivity contribution < 1.29 is 14.3 Å². The first-order valence-electron chi connectivity index (χ1n) is 8.78. The van der Waals surface area contributed by atoms with Gasteiger partial charge in [0.05, 0.1) is 21.9 Å². The number of aryl methyl sites for hydroxylation is 1. The molecular formula is C21H16Cl2N4O3. The molecule has 7 nitrogen and oxygen atoms in total. The van der Waals surface area contributed by atoms with Crippen LogP contribution in [-0.2, 0) is 16.1 Å². The van der Waals surface area contributed by atoms with Crippen LogP contribution in [0.4, 0.5) is 0 Å². The molecule has 2 heterocycles. The molecule has 0 unspecified atom stereocenters. The average Bonchev–Trinajstić information content (AvgIpc) is 3.00. The number of hydrogen-bond acceptors (Lipinski definition) is 5. The van der Waals surface area contributed by atoms with Crippen LogP contribution in [0.2, 0.25) is 10.0 Å². The molecule has 0 N–H and O–H groups in total. The van der Waals surface area contributed by atoms with Crippen molar-refractivity contribution in [2.75, 3.05) is 0 Å². The van der Waals surface area contributed by atoms with E-state index in [1.165, 1.54) is 24.5 Å². The first kappa shape index (κ1) is 21.4. The minimum atomic E-state index is -0.853. The van der Waals surface area contributed by atoms with Gasteiger partial charge < -0.3 is 14.5 Å². The van der Waals surface area contributed by atoms with Crippen LogP contribution in [0.3, 0.4) is 0 Å². The molecule has 0 saturated heterocycles. The predicted octanol–water partition coefficient (Wildman–Crippen LogP) is 4.08. The number of carbonyl (C=O) groups excluding carboxylic acids is 1. The monoisotopic (exact) mass is 442 g/mol. The van der Waals surface area contributed by atoms with Gasteiger partial charge in [-0.15, -0.1) is 0 Å². The molecule has 3 aromatic rings. The Kier molecular flexibility index (Phi) is 6.40. The standard InChI is InChI=1S/C21H16Cl2N4O3/c1-13-9-15(14(2)27(13)18-6-3-5-17(22)20(18)23)10-16(11-24)21(28)30-12-19-25-7-4-8-26(19)29/h3-10H,12H2,1-2H3/b16-10-. The Morgan fingerprint density at radius 1 is 1.37 bits per heavy atom. The van der Waals surface area contributed by atoms with Crippen molar-refractivity contribution in [1.82, 2.24) is 9.55 Å². The van der Waals surface area contributed by atoms with Crippen LogP contribution in [0.1, 0.15) is 22.8 Å². The Morgan fingerprint density at radius 2 is 2.13 bits per heavy atom. The van der Waals surface area contributed by atoms with Crippen LogP contribution in [0.25, 0.3) is 11.8 Å². The number of benzene rings is 1. The summed E-state index contributed by atoms with van der Waals surface area (Å²) >= 11 is 12.5. The van der Waals surface area contributed by atoms with Crippen molar-refractivity contribution in [3.05, 3.63) is 86.3 Å². The molecule has 0 aliphatic carbocycles. The number of halogens is 2. The highest BCUT2D eigenvalue weighted by Crippen LogP contribution is 2.32. The van der Waals surface area contributed by atoms with Crippen molar-refractivity contribution in [3.8, 4) is 11.8 Å². The second-order valence-corrected chi connectivity index (χ2v) is 7.13. The number of carbonyl (C=O) groups is 1. The van der Waals surface area contributed by atoms with Gasteiger partial charge >= 0.3 is 11.8 Å². The molecule has 9 heteroatoms. The van der Waals surface area contributed by atoms with Crippen molar-refractivity contribution in [2.45, 2.75) is 20.5 Å². The fourth-order valence-electron chi connectivity index (χ4n) is 2.96. The van der Waals surface area contributed by atoms with E-state index >= 15 is 0 Å². The quantitative estimate of drug-likeness (QED) is 0.195. The normalized spacial score (nSPS) is 11.2. The number of esters is 1. The van der Waals surface area contributed by atoms with Gasteiger partial charge in [-0.3, -0.25) is 0 Å². The van der Waals surface area contributed by atoms with Gasteiger partial charge in [0.25, 0.3) is 0 Å². The lowest BCUT2D eigenvalue weighted by Crippen LogP contribution is -2.33. The summed E-state index contributed by atoms with van der Waals surface area (Å²) in [5.41, 5.74) is 2.73. The number of nitriles is 1. The van der Waals surface area contributed by atoms with E-state index in [1.54, 1.807) is 12.1 Å². The van der Waals surface area contributed by atoms with Gasteiger partial charge in [-0.1, -0.05) is 29.3 Å². The molecule has 0 radical (unpaired) electrons. The third kappa shape index (κ3) is 4.30. The molecule has 0 atom stereocenters. The van der Waals surface area contributed by atoms with Crippen molar-refractivity contribution in [2.24, 2.45) is 0 Å². The lowest BCUT2D eigenvalue weighted by Gasteiger charge is -2.12. The zero-order chi connectivity index (χ0) is 21.8. The second-order valence-electron chi connectivity index (χ2n) is 6.34. The molecule has 0 saturated carbocycles. The van der Waals surface area contributed by atoms with Crippen LogP contribution in [0, 0.1) is 30.4 Å². The van der Waals surface area contributed by atoms with Crippen LogP contribution in [0.5, 0.6) is 0 Å². The molecule has 152 valence electrons. The average molecular weight is 443 g/mol. The summed E-state index contributed by atoms with van der Waals surface area (Å²) in [5, 5.41) is 21.8. The maximum atomic E-state index is 12.3. The van der Waals surface area contributed by atoms with Gasteiger partial charge in [0.15, 0.2) is 6.61 Å². The topological polar surface area (TPSA) is 94.8 Å². The van der Waals surface area contributed by atoms with E-state index in [4.69, 9.17) is 27.9 Å². The van der Waals surface area contributed by atoms with E-state index in [0.717, 1.165) is 11.4 Å². The molecule has 0 fully saturated rings. The lowest BCUT2D eigenvalue weighted by molar-refractivity contribution is -0.620. The van der Waals surface area contributed by atoms with Gasteiger partial charge in [-0.25, -0.2) is 9.52 Å². The predicted molar refractivity (Wildman–Crippen MR) is 112 cm³/mol. The van der Waals surface area contributed by atoms with Crippen molar-refractivity contribution in [3.63, 3.8) is 0 Å². The minimum absolute atomic E-state index is 0.0110. The highest BCUT2D eigenvalue weighted by atomic mass is 35.5. The van der Waals surface area contributed by atoms with E-state index in [9.17, 15) is 15.3 Å². The number of hydrogen-bond donors (Lipinski definition) is 0. The van der Waals surface area contributed by atoms with Gasteiger partial charge in [0, 0.05) is 17.5 Å². The lowest BCUT2D eigenvalue weighted by atomic mass is 10.1. The maximum absolute atomic E-state index is 12.3. The summed E-state index contributed by atoms with van der Waals surface area (Å²) in [6.07, 6.45) is 4.09. The van der Waals surface area contributed by atoms with Crippen LogP contribution in [0.15, 0.2) is 48.3 Å². The van der Waals surface area contributed by atoms with E-state index in [-0.39, 0.29) is 18.0 Å². The van der Waals surface area contributed by atoms with Crippen LogP contribution < -0.4 is 4.73 Å². The van der Waals surface area contributed by atoms with Gasteiger partial charge in [-0.2, -0.15) is 5.26 Å². The maximum Gasteiger partial charge on any atom is 0.349 e. The summed E-state index contributed by atoms with van der Waals surface area (Å²) in [5.74, 6) is -0.842. The first-order valence-corrected chi connectivity index (χ1v) is 9.54. The Labute approximate surface area is 183 Å². The first-order chi connectivity index (χ1) is 14.3. The molecular weight excluding hydrogens is 427 g/mol. The summed E-state index contributed by atoms with van der Waals surface area (Å²) in [6, 6.07) is 10.4. The zero-order valence-corrected chi connectivity index (χ0v) is 17.6. The number of rotatable bonds is 5. The Hall–Kier alpha value is -3.34. The number of ether oxygens (including phenoxy) is 1. The van der Waals surface area contributed by atoms with Crippen LogP contribution >= 0.6 is 23.2 Å². The third-order valence-corrected chi connectivity index (χ3v) is 5.21. The van der Waals surface area contributed by atoms with E-state index in [1.807, 2.05) is 36.6 Å². The molecule has 0 aliphatic heterocycles. The highest BCUT2D eigenvalue weighted by Gasteiger charge is 2.18. The van der Waals surface area contributed by atoms with Crippen LogP contribution in [-0.4, -0.2) is 15.5 Å². The zero-order valence-electron chi connectivity index (χ0n) is 16.1. The molecule has 30 heavy (non-hydrogen) atoms. The van der Waals surface area contributed by atoms with Gasteiger partial charge in [0.1, 0.15) is 17.8 Å². The Morgan fingerprint density at radius 3 is 2.83 bits per heavy atom. The largest absolute Gasteiger partial charge is 0.711 e. The summed E-state index contributed by atoms with van der Waals surface area (Å²) in [4.78, 5) is 16.2. The number of nitrogens with zero attached hydrogens (tertiary/aromatic N) is 4. The summed E-state index contributed by atoms with van der Waals surface area (Å²) in [7, 11) is 0. The molecule has 3 rings (SSSR count). The SMILES string of the molecule is Cc1cc(/C=C(/C#N)C(=O)OCc2nccc[n+]2[O-])c(C)n1-c1cccc(Cl)c1Cl. The molecule has 0 amide bonds.